The van der Waals surface area contributed by atoms with Crippen LogP contribution in [0.15, 0.2) is 16.9 Å². The molecule has 1 aromatic heterocycles. The molecule has 1 saturated heterocycles. The van der Waals surface area contributed by atoms with E-state index in [1.165, 1.54) is 13.3 Å². The van der Waals surface area contributed by atoms with E-state index in [2.05, 4.69) is 25.7 Å². The summed E-state index contributed by atoms with van der Waals surface area (Å²) in [7, 11) is 1.48. The van der Waals surface area contributed by atoms with E-state index in [-0.39, 0.29) is 6.42 Å². The average Bonchev–Trinajstić information content (AvgIpc) is 2.57. The number of nitrogens with zero attached hydrogens (tertiary/aromatic N) is 1. The number of hydrogen-bond donors (Lipinski definition) is 0. The third kappa shape index (κ3) is 1.80. The predicted octanol–water partition coefficient (Wildman–Crippen LogP) is 1.41. The molecule has 1 aliphatic heterocycles. The minimum absolute atomic E-state index is 0.0395. The number of rotatable bonds is 2. The fraction of sp³-hybridized carbons (Fsp3) is 0.300. The quantitative estimate of drug-likeness (QED) is 0.607. The summed E-state index contributed by atoms with van der Waals surface area (Å²) in [5, 5.41) is 0. The number of methoxy groups -OCH3 is 1. The second-order valence-electron chi connectivity index (χ2n) is 3.29. The Bertz CT molecular complexity index is 460. The number of carbonyl (C=O) groups is 2. The molecule has 1 unspecified atom stereocenters. The summed E-state index contributed by atoms with van der Waals surface area (Å²) in [6.45, 7) is 0. The number of ether oxygens (including phenoxy) is 2. The van der Waals surface area contributed by atoms with Crippen molar-refractivity contribution in [2.75, 3.05) is 7.11 Å². The van der Waals surface area contributed by atoms with Crippen LogP contribution in [0.3, 0.4) is 0 Å². The van der Waals surface area contributed by atoms with Crippen LogP contribution in [0.25, 0.3) is 0 Å². The van der Waals surface area contributed by atoms with Crippen LogP contribution in [0, 0.1) is 0 Å². The predicted molar refractivity (Wildman–Crippen MR) is 56.9 cm³/mol. The van der Waals surface area contributed by atoms with Gasteiger partial charge in [0.2, 0.25) is 0 Å². The Balaban J connectivity index is 2.47. The Morgan fingerprint density at radius 2 is 2.25 bits per heavy atom. The van der Waals surface area contributed by atoms with E-state index in [4.69, 9.17) is 4.74 Å². The summed E-state index contributed by atoms with van der Waals surface area (Å²) in [6.07, 6.45) is 3.09. The van der Waals surface area contributed by atoms with Crippen LogP contribution in [-0.4, -0.2) is 24.0 Å². The van der Waals surface area contributed by atoms with Crippen molar-refractivity contribution in [2.45, 2.75) is 12.3 Å². The lowest BCUT2D eigenvalue weighted by atomic mass is 9.98. The molecule has 1 aromatic rings. The van der Waals surface area contributed by atoms with E-state index < -0.39 is 17.9 Å². The van der Waals surface area contributed by atoms with E-state index in [1.54, 1.807) is 6.20 Å². The molecule has 5 nitrogen and oxygen atoms in total. The van der Waals surface area contributed by atoms with Crippen LogP contribution < -0.4 is 4.74 Å². The summed E-state index contributed by atoms with van der Waals surface area (Å²) in [5.41, 5.74) is 0.605. The lowest BCUT2D eigenvalue weighted by Crippen LogP contribution is -2.08. The number of pyridine rings is 1. The molecule has 0 radical (unpaired) electrons. The second kappa shape index (κ2) is 4.21. The SMILES string of the molecule is COc1cncc(Br)c1C1CC(=O)OC1=O. The Hall–Kier alpha value is -1.43. The first-order valence-corrected chi connectivity index (χ1v) is 5.34. The van der Waals surface area contributed by atoms with E-state index in [9.17, 15) is 9.59 Å². The minimum Gasteiger partial charge on any atom is -0.495 e. The Morgan fingerprint density at radius 1 is 1.50 bits per heavy atom. The van der Waals surface area contributed by atoms with Gasteiger partial charge in [-0.15, -0.1) is 0 Å². The number of aromatic nitrogens is 1. The monoisotopic (exact) mass is 285 g/mol. The van der Waals surface area contributed by atoms with Crippen molar-refractivity contribution < 1.29 is 19.1 Å². The molecule has 0 N–H and O–H groups in total. The molecule has 0 saturated carbocycles. The van der Waals surface area contributed by atoms with Crippen molar-refractivity contribution in [1.29, 1.82) is 0 Å². The van der Waals surface area contributed by atoms with Gasteiger partial charge >= 0.3 is 11.9 Å². The first-order valence-electron chi connectivity index (χ1n) is 4.55. The lowest BCUT2D eigenvalue weighted by molar-refractivity contribution is -0.152. The topological polar surface area (TPSA) is 65.5 Å². The normalized spacial score (nSPS) is 19.8. The highest BCUT2D eigenvalue weighted by molar-refractivity contribution is 9.10. The van der Waals surface area contributed by atoms with Crippen molar-refractivity contribution >= 4 is 27.9 Å². The van der Waals surface area contributed by atoms with Gasteiger partial charge in [0.25, 0.3) is 0 Å². The Labute approximate surface area is 99.9 Å². The third-order valence-corrected chi connectivity index (χ3v) is 2.97. The van der Waals surface area contributed by atoms with Crippen molar-refractivity contribution in [3.8, 4) is 5.75 Å². The van der Waals surface area contributed by atoms with E-state index in [1.807, 2.05) is 0 Å². The van der Waals surface area contributed by atoms with Crippen LogP contribution in [0.2, 0.25) is 0 Å². The van der Waals surface area contributed by atoms with Gasteiger partial charge < -0.3 is 9.47 Å². The highest BCUT2D eigenvalue weighted by Crippen LogP contribution is 2.37. The van der Waals surface area contributed by atoms with Gasteiger partial charge in [-0.2, -0.15) is 0 Å². The van der Waals surface area contributed by atoms with Gasteiger partial charge in [0.05, 0.1) is 25.6 Å². The zero-order chi connectivity index (χ0) is 11.7. The van der Waals surface area contributed by atoms with Crippen molar-refractivity contribution in [2.24, 2.45) is 0 Å². The fourth-order valence-electron chi connectivity index (χ4n) is 1.62. The maximum absolute atomic E-state index is 11.5. The number of esters is 2. The van der Waals surface area contributed by atoms with Crippen LogP contribution in [0.4, 0.5) is 0 Å². The highest BCUT2D eigenvalue weighted by atomic mass is 79.9. The number of halogens is 1. The zero-order valence-electron chi connectivity index (χ0n) is 8.40. The van der Waals surface area contributed by atoms with E-state index in [0.717, 1.165) is 0 Å². The Morgan fingerprint density at radius 3 is 2.81 bits per heavy atom. The zero-order valence-corrected chi connectivity index (χ0v) is 9.98. The molecule has 0 bridgehead atoms. The summed E-state index contributed by atoms with van der Waals surface area (Å²) >= 11 is 3.28. The van der Waals surface area contributed by atoms with E-state index in [0.29, 0.717) is 15.8 Å². The molecular formula is C10H8BrNO4. The van der Waals surface area contributed by atoms with Gasteiger partial charge in [0, 0.05) is 16.2 Å². The molecule has 2 rings (SSSR count). The first kappa shape index (κ1) is 11.1. The smallest absolute Gasteiger partial charge is 0.321 e. The van der Waals surface area contributed by atoms with Gasteiger partial charge in [-0.1, -0.05) is 0 Å². The number of carbonyl (C=O) groups excluding carboxylic acids is 2. The molecule has 16 heavy (non-hydrogen) atoms. The third-order valence-electron chi connectivity index (χ3n) is 2.34. The molecule has 0 aliphatic carbocycles. The van der Waals surface area contributed by atoms with Crippen LogP contribution in [0.5, 0.6) is 5.75 Å². The summed E-state index contributed by atoms with van der Waals surface area (Å²) < 4.78 is 10.2. The molecular weight excluding hydrogens is 278 g/mol. The van der Waals surface area contributed by atoms with Crippen molar-refractivity contribution in [1.82, 2.24) is 4.98 Å². The first-order chi connectivity index (χ1) is 7.63. The molecule has 6 heteroatoms. The van der Waals surface area contributed by atoms with Gasteiger partial charge in [0.15, 0.2) is 0 Å². The van der Waals surface area contributed by atoms with Gasteiger partial charge in [-0.3, -0.25) is 14.6 Å². The largest absolute Gasteiger partial charge is 0.495 e. The number of hydrogen-bond acceptors (Lipinski definition) is 5. The maximum Gasteiger partial charge on any atom is 0.321 e. The van der Waals surface area contributed by atoms with Crippen LogP contribution >= 0.6 is 15.9 Å². The lowest BCUT2D eigenvalue weighted by Gasteiger charge is -2.12. The molecule has 84 valence electrons. The standard InChI is InChI=1S/C10H8BrNO4/c1-15-7-4-12-3-6(11)9(7)5-2-8(13)16-10(5)14/h3-5H,2H2,1H3. The van der Waals surface area contributed by atoms with Gasteiger partial charge in [-0.25, -0.2) is 0 Å². The number of cyclic esters (lactones) is 2. The minimum atomic E-state index is -0.611. The summed E-state index contributed by atoms with van der Waals surface area (Å²) in [4.78, 5) is 26.4. The Kier molecular flexibility index (Phi) is 2.91. The average molecular weight is 286 g/mol. The molecule has 0 amide bonds. The summed E-state index contributed by atoms with van der Waals surface area (Å²) in [5.74, 6) is -1.21. The molecule has 0 aromatic carbocycles. The molecule has 1 fully saturated rings. The molecule has 0 spiro atoms. The van der Waals surface area contributed by atoms with Gasteiger partial charge in [0.1, 0.15) is 5.75 Å². The highest BCUT2D eigenvalue weighted by Gasteiger charge is 2.37. The maximum atomic E-state index is 11.5. The van der Waals surface area contributed by atoms with Gasteiger partial charge in [-0.05, 0) is 15.9 Å². The van der Waals surface area contributed by atoms with Crippen LogP contribution in [0.1, 0.15) is 17.9 Å². The second-order valence-corrected chi connectivity index (χ2v) is 4.14. The molecule has 1 aliphatic rings. The van der Waals surface area contributed by atoms with E-state index >= 15 is 0 Å². The van der Waals surface area contributed by atoms with Crippen LogP contribution in [-0.2, 0) is 14.3 Å². The fourth-order valence-corrected chi connectivity index (χ4v) is 2.21. The van der Waals surface area contributed by atoms with Crippen molar-refractivity contribution in [3.63, 3.8) is 0 Å². The summed E-state index contributed by atoms with van der Waals surface area (Å²) in [6, 6.07) is 0. The molecule has 1 atom stereocenters. The van der Waals surface area contributed by atoms with Crippen molar-refractivity contribution in [3.05, 3.63) is 22.4 Å². The molecule has 2 heterocycles.